The number of hydrazine groups is 1. The van der Waals surface area contributed by atoms with E-state index in [1.54, 1.807) is 57.2 Å². The number of para-hydroxylation sites is 1. The maximum absolute atomic E-state index is 13.5. The van der Waals surface area contributed by atoms with E-state index < -0.39 is 23.6 Å². The molecule has 1 saturated heterocycles. The van der Waals surface area contributed by atoms with Crippen molar-refractivity contribution in [1.82, 2.24) is 9.58 Å². The summed E-state index contributed by atoms with van der Waals surface area (Å²) in [6.07, 6.45) is 0.677. The van der Waals surface area contributed by atoms with Crippen molar-refractivity contribution < 1.29 is 24.2 Å². The van der Waals surface area contributed by atoms with Crippen LogP contribution >= 0.6 is 23.2 Å². The van der Waals surface area contributed by atoms with E-state index in [2.05, 4.69) is 0 Å². The quantitative estimate of drug-likeness (QED) is 0.465. The second-order valence-corrected chi connectivity index (χ2v) is 9.51. The van der Waals surface area contributed by atoms with Crippen LogP contribution in [0.25, 0.3) is 17.1 Å². The van der Waals surface area contributed by atoms with E-state index in [-0.39, 0.29) is 22.8 Å². The van der Waals surface area contributed by atoms with E-state index in [0.29, 0.717) is 21.6 Å². The SMILES string of the molecule is CC(C)(C)OC(=O)N1C/C(=C\n2c(C(=O)O)cc3c(Cl)cc(Cl)cc32)C(=O)N1c1ccccc1. The van der Waals surface area contributed by atoms with Gasteiger partial charge in [0.2, 0.25) is 0 Å². The molecular formula is C24H21Cl2N3O5. The number of fused-ring (bicyclic) bond motifs is 1. The van der Waals surface area contributed by atoms with Crippen LogP contribution in [0.5, 0.6) is 0 Å². The molecule has 2 amide bonds. The fourth-order valence-electron chi connectivity index (χ4n) is 3.64. The summed E-state index contributed by atoms with van der Waals surface area (Å²) >= 11 is 12.4. The summed E-state index contributed by atoms with van der Waals surface area (Å²) in [5.41, 5.74) is 0.156. The molecule has 2 aromatic carbocycles. The van der Waals surface area contributed by atoms with Gasteiger partial charge in [-0.05, 0) is 51.1 Å². The Labute approximate surface area is 205 Å². The van der Waals surface area contributed by atoms with Gasteiger partial charge >= 0.3 is 12.1 Å². The number of aromatic nitrogens is 1. The zero-order chi connectivity index (χ0) is 24.8. The van der Waals surface area contributed by atoms with Crippen molar-refractivity contribution in [2.24, 2.45) is 0 Å². The molecule has 0 spiro atoms. The largest absolute Gasteiger partial charge is 0.477 e. The maximum Gasteiger partial charge on any atom is 0.430 e. The first-order valence-electron chi connectivity index (χ1n) is 10.3. The van der Waals surface area contributed by atoms with Crippen LogP contribution in [-0.2, 0) is 9.53 Å². The number of carboxylic acid groups (broad SMARTS) is 1. The molecule has 10 heteroatoms. The predicted molar refractivity (Wildman–Crippen MR) is 130 cm³/mol. The Kier molecular flexibility index (Phi) is 6.05. The Morgan fingerprint density at radius 2 is 1.76 bits per heavy atom. The summed E-state index contributed by atoms with van der Waals surface area (Å²) in [7, 11) is 0. The standard InChI is InChI=1S/C24H21Cl2N3O5/c1-24(2,3)34-23(33)28-13-14(21(30)29(28)16-7-5-4-6-8-16)12-27-19-10-15(25)9-18(26)17(19)11-20(27)22(31)32/h4-12H,13H2,1-3H3,(H,31,32)/b14-12+. The third kappa shape index (κ3) is 4.47. The monoisotopic (exact) mass is 501 g/mol. The van der Waals surface area contributed by atoms with Crippen LogP contribution in [0.2, 0.25) is 10.0 Å². The van der Waals surface area contributed by atoms with Crippen LogP contribution in [-0.4, -0.2) is 44.8 Å². The highest BCUT2D eigenvalue weighted by Gasteiger charge is 2.40. The Hall–Kier alpha value is -3.49. The Balaban J connectivity index is 1.85. The molecular weight excluding hydrogens is 481 g/mol. The fourth-order valence-corrected chi connectivity index (χ4v) is 4.17. The van der Waals surface area contributed by atoms with Gasteiger partial charge in [0.05, 0.1) is 28.3 Å². The molecule has 176 valence electrons. The van der Waals surface area contributed by atoms with Gasteiger partial charge in [0.25, 0.3) is 5.91 Å². The van der Waals surface area contributed by atoms with Crippen molar-refractivity contribution in [2.45, 2.75) is 26.4 Å². The van der Waals surface area contributed by atoms with Gasteiger partial charge in [-0.15, -0.1) is 0 Å². The van der Waals surface area contributed by atoms with Crippen LogP contribution in [0.15, 0.2) is 54.1 Å². The topological polar surface area (TPSA) is 92.1 Å². The number of carbonyl (C=O) groups is 3. The van der Waals surface area contributed by atoms with Crippen LogP contribution in [0, 0.1) is 0 Å². The Morgan fingerprint density at radius 3 is 2.38 bits per heavy atom. The number of nitrogens with zero attached hydrogens (tertiary/aromatic N) is 3. The Morgan fingerprint density at radius 1 is 1.09 bits per heavy atom. The number of hydrogen-bond donors (Lipinski definition) is 1. The molecule has 34 heavy (non-hydrogen) atoms. The van der Waals surface area contributed by atoms with Crippen molar-refractivity contribution in [3.8, 4) is 0 Å². The lowest BCUT2D eigenvalue weighted by molar-refractivity contribution is -0.115. The summed E-state index contributed by atoms with van der Waals surface area (Å²) in [5, 5.41) is 13.2. The smallest absolute Gasteiger partial charge is 0.430 e. The van der Waals surface area contributed by atoms with Gasteiger partial charge in [-0.3, -0.25) is 4.79 Å². The average molecular weight is 502 g/mol. The van der Waals surface area contributed by atoms with Gasteiger partial charge < -0.3 is 14.4 Å². The second kappa shape index (κ2) is 8.70. The molecule has 0 atom stereocenters. The summed E-state index contributed by atoms with van der Waals surface area (Å²) < 4.78 is 6.84. The highest BCUT2D eigenvalue weighted by Crippen LogP contribution is 2.33. The van der Waals surface area contributed by atoms with Gasteiger partial charge in [0, 0.05) is 16.6 Å². The average Bonchev–Trinajstić information content (AvgIpc) is 3.26. The fraction of sp³-hybridized carbons (Fsp3) is 0.208. The van der Waals surface area contributed by atoms with Crippen molar-refractivity contribution in [3.05, 3.63) is 69.8 Å². The molecule has 0 unspecified atom stereocenters. The summed E-state index contributed by atoms with van der Waals surface area (Å²) in [6.45, 7) is 5.05. The van der Waals surface area contributed by atoms with Gasteiger partial charge in [-0.2, -0.15) is 0 Å². The number of amides is 2. The van der Waals surface area contributed by atoms with Crippen LogP contribution in [0.1, 0.15) is 31.3 Å². The van der Waals surface area contributed by atoms with Crippen molar-refractivity contribution in [2.75, 3.05) is 11.6 Å². The first-order chi connectivity index (χ1) is 16.0. The van der Waals surface area contributed by atoms with E-state index in [1.165, 1.54) is 32.9 Å². The summed E-state index contributed by atoms with van der Waals surface area (Å²) in [6, 6.07) is 13.1. The molecule has 8 nitrogen and oxygen atoms in total. The van der Waals surface area contributed by atoms with E-state index >= 15 is 0 Å². The second-order valence-electron chi connectivity index (χ2n) is 8.67. The number of anilines is 1. The van der Waals surface area contributed by atoms with Crippen molar-refractivity contribution >= 4 is 64.0 Å². The maximum atomic E-state index is 13.5. The number of benzene rings is 2. The van der Waals surface area contributed by atoms with E-state index in [9.17, 15) is 19.5 Å². The van der Waals surface area contributed by atoms with Gasteiger partial charge in [0.1, 0.15) is 11.3 Å². The van der Waals surface area contributed by atoms with Crippen molar-refractivity contribution in [1.29, 1.82) is 0 Å². The number of carbonyl (C=O) groups excluding carboxylic acids is 2. The van der Waals surface area contributed by atoms with Crippen LogP contribution in [0.3, 0.4) is 0 Å². The molecule has 3 aromatic rings. The van der Waals surface area contributed by atoms with Crippen LogP contribution < -0.4 is 5.01 Å². The lowest BCUT2D eigenvalue weighted by Crippen LogP contribution is -2.45. The molecule has 1 aliphatic rings. The molecule has 2 heterocycles. The molecule has 0 aliphatic carbocycles. The van der Waals surface area contributed by atoms with E-state index in [1.807, 2.05) is 0 Å². The minimum atomic E-state index is -1.21. The first kappa shape index (κ1) is 23.7. The predicted octanol–water partition coefficient (Wildman–Crippen LogP) is 5.69. The van der Waals surface area contributed by atoms with Gasteiger partial charge in [-0.1, -0.05) is 41.4 Å². The Bertz CT molecular complexity index is 1340. The molecule has 1 fully saturated rings. The van der Waals surface area contributed by atoms with Crippen molar-refractivity contribution in [3.63, 3.8) is 0 Å². The lowest BCUT2D eigenvalue weighted by Gasteiger charge is -2.29. The molecule has 4 rings (SSSR count). The first-order valence-corrected chi connectivity index (χ1v) is 11.1. The third-order valence-electron chi connectivity index (χ3n) is 5.01. The van der Waals surface area contributed by atoms with E-state index in [0.717, 1.165) is 0 Å². The van der Waals surface area contributed by atoms with E-state index in [4.69, 9.17) is 27.9 Å². The third-order valence-corrected chi connectivity index (χ3v) is 5.54. The summed E-state index contributed by atoms with van der Waals surface area (Å²) in [5.74, 6) is -1.71. The van der Waals surface area contributed by atoms with Crippen LogP contribution in [0.4, 0.5) is 10.5 Å². The van der Waals surface area contributed by atoms with Gasteiger partial charge in [0.15, 0.2) is 0 Å². The normalized spacial score (nSPS) is 15.4. The minimum absolute atomic E-state index is 0.110. The zero-order valence-corrected chi connectivity index (χ0v) is 20.1. The molecule has 0 saturated carbocycles. The molecule has 0 radical (unpaired) electrons. The number of hydrogen-bond acceptors (Lipinski definition) is 4. The zero-order valence-electron chi connectivity index (χ0n) is 18.6. The number of aromatic carboxylic acids is 1. The molecule has 1 N–H and O–H groups in total. The molecule has 1 aromatic heterocycles. The number of ether oxygens (including phenoxy) is 1. The minimum Gasteiger partial charge on any atom is -0.477 e. The number of rotatable bonds is 3. The lowest BCUT2D eigenvalue weighted by atomic mass is 10.2. The number of halogens is 2. The molecule has 0 bridgehead atoms. The summed E-state index contributed by atoms with van der Waals surface area (Å²) in [4.78, 5) is 38.4. The molecule has 1 aliphatic heterocycles. The number of carboxylic acids is 1. The highest BCUT2D eigenvalue weighted by molar-refractivity contribution is 6.38. The highest BCUT2D eigenvalue weighted by atomic mass is 35.5. The van der Waals surface area contributed by atoms with Gasteiger partial charge in [-0.25, -0.2) is 19.6 Å².